The van der Waals surface area contributed by atoms with Crippen molar-refractivity contribution in [1.29, 1.82) is 0 Å². The number of nitrogens with zero attached hydrogens (tertiary/aromatic N) is 3. The first-order chi connectivity index (χ1) is 15.2. The molecule has 2 bridgehead atoms. The average molecular weight is 488 g/mol. The molecular formula is C20H27ClFN5O4S. The van der Waals surface area contributed by atoms with E-state index in [-0.39, 0.29) is 53.3 Å². The minimum absolute atomic E-state index is 0.0255. The van der Waals surface area contributed by atoms with Crippen LogP contribution in [0.25, 0.3) is 0 Å². The molecule has 3 aliphatic rings. The van der Waals surface area contributed by atoms with E-state index in [2.05, 4.69) is 20.8 Å². The first-order valence-corrected chi connectivity index (χ1v) is 12.1. The van der Waals surface area contributed by atoms with Gasteiger partial charge in [0.1, 0.15) is 5.60 Å². The Morgan fingerprint density at radius 1 is 1.41 bits per heavy atom. The van der Waals surface area contributed by atoms with Gasteiger partial charge >= 0.3 is 6.09 Å². The number of piperazine rings is 1. The monoisotopic (exact) mass is 487 g/mol. The van der Waals surface area contributed by atoms with Crippen molar-refractivity contribution >= 4 is 40.3 Å². The van der Waals surface area contributed by atoms with E-state index in [4.69, 9.17) is 25.9 Å². The van der Waals surface area contributed by atoms with Gasteiger partial charge in [-0.25, -0.2) is 14.2 Å². The molecule has 176 valence electrons. The number of fused-ring (bicyclic) bond motifs is 3. The summed E-state index contributed by atoms with van der Waals surface area (Å²) in [6.07, 6.45) is 3.95. The average Bonchev–Trinajstić information content (AvgIpc) is 3.06. The summed E-state index contributed by atoms with van der Waals surface area (Å²) in [4.78, 5) is 28.2. The Morgan fingerprint density at radius 2 is 2.19 bits per heavy atom. The van der Waals surface area contributed by atoms with Crippen LogP contribution in [-0.4, -0.2) is 64.3 Å². The van der Waals surface area contributed by atoms with Crippen LogP contribution in [0.4, 0.5) is 14.9 Å². The lowest BCUT2D eigenvalue weighted by atomic mass is 10.0. The number of ether oxygens (including phenoxy) is 2. The number of amides is 1. The van der Waals surface area contributed by atoms with Crippen LogP contribution in [0.1, 0.15) is 40.0 Å². The predicted molar refractivity (Wildman–Crippen MR) is 120 cm³/mol. The van der Waals surface area contributed by atoms with Crippen LogP contribution in [0, 0.1) is 5.82 Å². The number of thioether (sulfide) groups is 1. The van der Waals surface area contributed by atoms with Gasteiger partial charge in [0.05, 0.1) is 12.6 Å². The molecule has 2 saturated heterocycles. The van der Waals surface area contributed by atoms with Crippen molar-refractivity contribution in [3.63, 3.8) is 0 Å². The molecule has 3 aliphatic heterocycles. The number of amidine groups is 1. The van der Waals surface area contributed by atoms with Crippen LogP contribution < -0.4 is 20.4 Å². The minimum Gasteiger partial charge on any atom is -0.475 e. The van der Waals surface area contributed by atoms with Crippen molar-refractivity contribution in [3.8, 4) is 11.6 Å². The Morgan fingerprint density at radius 3 is 2.91 bits per heavy atom. The smallest absolute Gasteiger partial charge is 0.410 e. The normalized spacial score (nSPS) is 24.2. The van der Waals surface area contributed by atoms with Crippen LogP contribution in [0.3, 0.4) is 0 Å². The van der Waals surface area contributed by atoms with Crippen molar-refractivity contribution < 1.29 is 23.5 Å². The molecule has 12 heteroatoms. The van der Waals surface area contributed by atoms with Gasteiger partial charge in [-0.3, -0.25) is 4.90 Å². The van der Waals surface area contributed by atoms with Crippen molar-refractivity contribution in [2.75, 3.05) is 19.4 Å². The highest BCUT2D eigenvalue weighted by molar-refractivity contribution is 8.13. The first kappa shape index (κ1) is 23.2. The lowest BCUT2D eigenvalue weighted by Crippen LogP contribution is -2.60. The number of pyridine rings is 1. The summed E-state index contributed by atoms with van der Waals surface area (Å²) in [6.45, 7) is 6.57. The standard InChI is InChI=1S/C20H27ClFN5O4S/c1-20(2,3)30-19(28)27-10-5-6-12(27)11(23-9-10)7-8-29-17-15-14(13(22)16(21)25-17)24-18(32-4)26-31-15/h10-12,23H,5-9H2,1-4H3,(H,24,26)/t10-,11-,12+/m1/s1. The van der Waals surface area contributed by atoms with E-state index in [0.29, 0.717) is 18.1 Å². The van der Waals surface area contributed by atoms with Gasteiger partial charge in [0, 0.05) is 18.6 Å². The van der Waals surface area contributed by atoms with Crippen molar-refractivity contribution in [2.24, 2.45) is 4.99 Å². The number of aliphatic imine (C=N–C) groups is 1. The van der Waals surface area contributed by atoms with Crippen molar-refractivity contribution in [3.05, 3.63) is 11.0 Å². The Labute approximate surface area is 195 Å². The summed E-state index contributed by atoms with van der Waals surface area (Å²) in [5, 5.41) is 3.57. The molecule has 0 aliphatic carbocycles. The van der Waals surface area contributed by atoms with Crippen LogP contribution in [0.15, 0.2) is 4.99 Å². The number of aromatic nitrogens is 1. The fourth-order valence-electron chi connectivity index (χ4n) is 4.19. The fraction of sp³-hybridized carbons (Fsp3) is 0.650. The number of carbonyl (C=O) groups excluding carboxylic acids is 1. The number of rotatable bonds is 4. The third kappa shape index (κ3) is 4.69. The van der Waals surface area contributed by atoms with Crippen molar-refractivity contribution in [2.45, 2.75) is 63.8 Å². The summed E-state index contributed by atoms with van der Waals surface area (Å²) in [6, 6.07) is 0.199. The van der Waals surface area contributed by atoms with E-state index in [9.17, 15) is 9.18 Å². The first-order valence-electron chi connectivity index (χ1n) is 10.5. The van der Waals surface area contributed by atoms with Gasteiger partial charge in [-0.05, 0) is 46.3 Å². The molecule has 9 nitrogen and oxygen atoms in total. The molecule has 32 heavy (non-hydrogen) atoms. The molecule has 0 saturated carbocycles. The SMILES string of the molecule is CSC1=Nc2c(F)c(Cl)nc(OCC[C@H]3NC[C@H]4CC[C@@H]3N4C(=O)OC(C)(C)C)c2ON1. The summed E-state index contributed by atoms with van der Waals surface area (Å²) in [7, 11) is 0. The molecule has 1 aromatic heterocycles. The second-order valence-electron chi connectivity index (χ2n) is 8.86. The Hall–Kier alpha value is -1.98. The molecular weight excluding hydrogens is 461 g/mol. The number of nitrogens with one attached hydrogen (secondary N) is 2. The van der Waals surface area contributed by atoms with Gasteiger partial charge < -0.3 is 19.6 Å². The van der Waals surface area contributed by atoms with Gasteiger partial charge in [0.25, 0.3) is 5.88 Å². The third-order valence-corrected chi connectivity index (χ3v) is 6.36. The Bertz CT molecular complexity index is 928. The number of hydrogen-bond donors (Lipinski definition) is 2. The molecule has 4 rings (SSSR count). The predicted octanol–water partition coefficient (Wildman–Crippen LogP) is 3.63. The number of hydrogen-bond acceptors (Lipinski definition) is 9. The highest BCUT2D eigenvalue weighted by Gasteiger charge is 2.46. The largest absolute Gasteiger partial charge is 0.475 e. The second kappa shape index (κ2) is 9.11. The van der Waals surface area contributed by atoms with Crippen LogP contribution in [-0.2, 0) is 4.74 Å². The van der Waals surface area contributed by atoms with Gasteiger partial charge in [-0.2, -0.15) is 10.5 Å². The maximum atomic E-state index is 14.4. The molecule has 2 N–H and O–H groups in total. The molecule has 2 fully saturated rings. The molecule has 1 aromatic rings. The summed E-state index contributed by atoms with van der Waals surface area (Å²) < 4.78 is 25.8. The van der Waals surface area contributed by atoms with Crippen LogP contribution >= 0.6 is 23.4 Å². The third-order valence-electron chi connectivity index (χ3n) is 5.54. The van der Waals surface area contributed by atoms with E-state index in [0.717, 1.165) is 12.8 Å². The lowest BCUT2D eigenvalue weighted by Gasteiger charge is -2.41. The maximum Gasteiger partial charge on any atom is 0.410 e. The molecule has 0 unspecified atom stereocenters. The molecule has 1 amide bonds. The van der Waals surface area contributed by atoms with E-state index >= 15 is 0 Å². The van der Waals surface area contributed by atoms with Crippen LogP contribution in [0.2, 0.25) is 5.15 Å². The second-order valence-corrected chi connectivity index (χ2v) is 10.0. The van der Waals surface area contributed by atoms with Gasteiger partial charge in [0.2, 0.25) is 5.75 Å². The molecule has 4 heterocycles. The quantitative estimate of drug-likeness (QED) is 0.621. The zero-order chi connectivity index (χ0) is 23.0. The van der Waals surface area contributed by atoms with Gasteiger partial charge in [-0.1, -0.05) is 23.4 Å². The Balaban J connectivity index is 1.43. The molecule has 0 radical (unpaired) electrons. The fourth-order valence-corrected chi connectivity index (χ4v) is 4.66. The lowest BCUT2D eigenvalue weighted by molar-refractivity contribution is 0.00285. The summed E-state index contributed by atoms with van der Waals surface area (Å²) in [5.41, 5.74) is 2.03. The highest BCUT2D eigenvalue weighted by atomic mass is 35.5. The maximum absolute atomic E-state index is 14.4. The number of carbonyl (C=O) groups is 1. The van der Waals surface area contributed by atoms with E-state index in [1.54, 1.807) is 6.26 Å². The van der Waals surface area contributed by atoms with Gasteiger partial charge in [-0.15, -0.1) is 0 Å². The molecule has 0 aromatic carbocycles. The zero-order valence-corrected chi connectivity index (χ0v) is 20.0. The van der Waals surface area contributed by atoms with E-state index in [1.165, 1.54) is 11.8 Å². The highest BCUT2D eigenvalue weighted by Crippen LogP contribution is 2.42. The summed E-state index contributed by atoms with van der Waals surface area (Å²) >= 11 is 7.21. The van der Waals surface area contributed by atoms with Crippen LogP contribution in [0.5, 0.6) is 11.6 Å². The van der Waals surface area contributed by atoms with Gasteiger partial charge in [0.15, 0.2) is 21.8 Å². The number of halogens is 2. The number of hydroxylamine groups is 1. The minimum atomic E-state index is -0.763. The topological polar surface area (TPSA) is 97.3 Å². The summed E-state index contributed by atoms with van der Waals surface area (Å²) in [5.74, 6) is -0.648. The Kier molecular flexibility index (Phi) is 6.60. The molecule has 3 atom stereocenters. The van der Waals surface area contributed by atoms with Crippen molar-refractivity contribution in [1.82, 2.24) is 20.7 Å². The van der Waals surface area contributed by atoms with E-state index < -0.39 is 11.4 Å². The molecule has 0 spiro atoms. The zero-order valence-electron chi connectivity index (χ0n) is 18.4. The van der Waals surface area contributed by atoms with E-state index in [1.807, 2.05) is 25.7 Å².